The number of nitrogens with one attached hydrogen (secondary N) is 1. The summed E-state index contributed by atoms with van der Waals surface area (Å²) in [6, 6.07) is 24.2. The molecular weight excluding hydrogens is 440 g/mol. The smallest absolute Gasteiger partial charge is 0.261 e. The third-order valence-electron chi connectivity index (χ3n) is 5.84. The van der Waals surface area contributed by atoms with Crippen molar-refractivity contribution in [3.05, 3.63) is 95.6 Å². The number of methoxy groups -OCH3 is 1. The third-order valence-corrected chi connectivity index (χ3v) is 5.84. The van der Waals surface area contributed by atoms with Crippen molar-refractivity contribution >= 4 is 11.8 Å². The van der Waals surface area contributed by atoms with Gasteiger partial charge in [0.2, 0.25) is 5.91 Å². The largest absolute Gasteiger partial charge is 0.493 e. The Hall–Kier alpha value is -3.80. The molecule has 6 heteroatoms. The number of carbonyl (C=O) groups is 2. The quantitative estimate of drug-likeness (QED) is 0.418. The lowest BCUT2D eigenvalue weighted by Gasteiger charge is -2.32. The van der Waals surface area contributed by atoms with Crippen molar-refractivity contribution in [3.63, 3.8) is 0 Å². The maximum Gasteiger partial charge on any atom is 0.261 e. The summed E-state index contributed by atoms with van der Waals surface area (Å²) in [5, 5.41) is 2.99. The van der Waals surface area contributed by atoms with E-state index in [-0.39, 0.29) is 18.4 Å². The third kappa shape index (κ3) is 7.34. The first-order valence-corrected chi connectivity index (χ1v) is 11.9. The van der Waals surface area contributed by atoms with Gasteiger partial charge in [0.15, 0.2) is 18.1 Å². The molecule has 3 aromatic rings. The molecule has 0 saturated carbocycles. The van der Waals surface area contributed by atoms with Gasteiger partial charge in [0.1, 0.15) is 6.04 Å². The molecule has 6 nitrogen and oxygen atoms in total. The van der Waals surface area contributed by atoms with E-state index in [0.29, 0.717) is 31.0 Å². The van der Waals surface area contributed by atoms with E-state index in [1.54, 1.807) is 24.1 Å². The van der Waals surface area contributed by atoms with Crippen molar-refractivity contribution in [1.82, 2.24) is 10.2 Å². The first-order valence-electron chi connectivity index (χ1n) is 11.9. The van der Waals surface area contributed by atoms with Crippen LogP contribution in [0.5, 0.6) is 11.5 Å². The molecule has 0 radical (unpaired) electrons. The van der Waals surface area contributed by atoms with Crippen molar-refractivity contribution < 1.29 is 19.1 Å². The van der Waals surface area contributed by atoms with Crippen LogP contribution < -0.4 is 14.8 Å². The molecule has 3 aromatic carbocycles. The fourth-order valence-corrected chi connectivity index (χ4v) is 3.85. The summed E-state index contributed by atoms with van der Waals surface area (Å²) in [5.41, 5.74) is 3.03. The Morgan fingerprint density at radius 2 is 1.57 bits per heavy atom. The van der Waals surface area contributed by atoms with Gasteiger partial charge in [-0.3, -0.25) is 9.59 Å². The van der Waals surface area contributed by atoms with Crippen LogP contribution in [0.1, 0.15) is 30.0 Å². The number of hydrogen-bond donors (Lipinski definition) is 1. The van der Waals surface area contributed by atoms with E-state index < -0.39 is 6.04 Å². The Kier molecular flexibility index (Phi) is 9.72. The Balaban J connectivity index is 1.91. The molecular formula is C29H34N2O4. The van der Waals surface area contributed by atoms with Gasteiger partial charge in [0, 0.05) is 19.5 Å². The highest BCUT2D eigenvalue weighted by atomic mass is 16.5. The van der Waals surface area contributed by atoms with Crippen LogP contribution in [-0.4, -0.2) is 43.0 Å². The number of benzene rings is 3. The lowest BCUT2D eigenvalue weighted by atomic mass is 10.0. The minimum Gasteiger partial charge on any atom is -0.493 e. The second-order valence-corrected chi connectivity index (χ2v) is 8.38. The Morgan fingerprint density at radius 3 is 2.26 bits per heavy atom. The normalized spacial score (nSPS) is 11.4. The molecule has 184 valence electrons. The molecule has 0 aliphatic rings. The van der Waals surface area contributed by atoms with Crippen LogP contribution in [0.3, 0.4) is 0 Å². The molecule has 0 aliphatic heterocycles. The molecule has 0 fully saturated rings. The number of rotatable bonds is 12. The summed E-state index contributed by atoms with van der Waals surface area (Å²) in [5.74, 6) is 0.586. The van der Waals surface area contributed by atoms with Crippen LogP contribution in [0.25, 0.3) is 0 Å². The maximum atomic E-state index is 13.6. The summed E-state index contributed by atoms with van der Waals surface area (Å²) in [7, 11) is 1.56. The Bertz CT molecular complexity index is 1100. The Morgan fingerprint density at radius 1 is 0.914 bits per heavy atom. The molecule has 0 aliphatic carbocycles. The molecule has 0 unspecified atom stereocenters. The molecule has 2 amide bonds. The van der Waals surface area contributed by atoms with E-state index in [4.69, 9.17) is 9.47 Å². The van der Waals surface area contributed by atoms with Crippen LogP contribution in [0.2, 0.25) is 0 Å². The molecule has 0 saturated heterocycles. The van der Waals surface area contributed by atoms with Gasteiger partial charge in [-0.25, -0.2) is 0 Å². The van der Waals surface area contributed by atoms with Crippen LogP contribution in [0, 0.1) is 6.92 Å². The zero-order chi connectivity index (χ0) is 25.0. The topological polar surface area (TPSA) is 67.9 Å². The van der Waals surface area contributed by atoms with E-state index in [2.05, 4.69) is 5.32 Å². The number of ether oxygens (including phenoxy) is 2. The van der Waals surface area contributed by atoms with Gasteiger partial charge in [0.25, 0.3) is 5.91 Å². The first kappa shape index (κ1) is 25.8. The number of hydrogen-bond acceptors (Lipinski definition) is 4. The Labute approximate surface area is 207 Å². The number of carbonyl (C=O) groups excluding carboxylic acids is 2. The zero-order valence-electron chi connectivity index (χ0n) is 20.7. The summed E-state index contributed by atoms with van der Waals surface area (Å²) in [4.78, 5) is 28.6. The molecule has 0 heterocycles. The monoisotopic (exact) mass is 474 g/mol. The molecule has 3 rings (SSSR count). The molecule has 1 N–H and O–H groups in total. The second kappa shape index (κ2) is 13.2. The average molecular weight is 475 g/mol. The van der Waals surface area contributed by atoms with E-state index in [1.165, 1.54) is 0 Å². The fourth-order valence-electron chi connectivity index (χ4n) is 3.85. The average Bonchev–Trinajstić information content (AvgIpc) is 2.89. The molecule has 1 atom stereocenters. The summed E-state index contributed by atoms with van der Waals surface area (Å²) in [6.45, 7) is 4.65. The van der Waals surface area contributed by atoms with Gasteiger partial charge >= 0.3 is 0 Å². The minimum absolute atomic E-state index is 0.171. The van der Waals surface area contributed by atoms with E-state index in [0.717, 1.165) is 23.1 Å². The van der Waals surface area contributed by atoms with Crippen molar-refractivity contribution in [2.45, 2.75) is 39.3 Å². The van der Waals surface area contributed by atoms with E-state index >= 15 is 0 Å². The van der Waals surface area contributed by atoms with Crippen molar-refractivity contribution in [3.8, 4) is 11.5 Å². The fraction of sp³-hybridized carbons (Fsp3) is 0.310. The minimum atomic E-state index is -0.683. The number of para-hydroxylation sites is 2. The second-order valence-electron chi connectivity index (χ2n) is 8.38. The number of aryl methyl sites for hydroxylation is 1. The van der Waals surface area contributed by atoms with Crippen LogP contribution in [0.4, 0.5) is 0 Å². The molecule has 0 bridgehead atoms. The van der Waals surface area contributed by atoms with Crippen molar-refractivity contribution in [2.75, 3.05) is 20.3 Å². The predicted octanol–water partition coefficient (Wildman–Crippen LogP) is 4.55. The van der Waals surface area contributed by atoms with Gasteiger partial charge in [-0.1, -0.05) is 73.7 Å². The van der Waals surface area contributed by atoms with Crippen molar-refractivity contribution in [2.24, 2.45) is 0 Å². The highest BCUT2D eigenvalue weighted by molar-refractivity contribution is 5.88. The summed E-state index contributed by atoms with van der Waals surface area (Å²) in [6.07, 6.45) is 1.22. The van der Waals surface area contributed by atoms with E-state index in [1.807, 2.05) is 80.6 Å². The van der Waals surface area contributed by atoms with Gasteiger partial charge in [-0.15, -0.1) is 0 Å². The standard InChI is InChI=1S/C29H34N2O4/c1-4-18-30-29(33)25(19-23-13-6-5-7-14-23)31(20-24-15-9-8-12-22(24)2)28(32)21-35-27-17-11-10-16-26(27)34-3/h5-17,25H,4,18-21H2,1-3H3,(H,30,33)/t25-/m1/s1. The van der Waals surface area contributed by atoms with Crippen LogP contribution in [0.15, 0.2) is 78.9 Å². The van der Waals surface area contributed by atoms with E-state index in [9.17, 15) is 9.59 Å². The first-order chi connectivity index (χ1) is 17.0. The van der Waals surface area contributed by atoms with Gasteiger partial charge in [-0.05, 0) is 42.2 Å². The predicted molar refractivity (Wildman–Crippen MR) is 137 cm³/mol. The van der Waals surface area contributed by atoms with Gasteiger partial charge < -0.3 is 19.7 Å². The molecule has 0 spiro atoms. The lowest BCUT2D eigenvalue weighted by Crippen LogP contribution is -2.51. The summed E-state index contributed by atoms with van der Waals surface area (Å²) >= 11 is 0. The highest BCUT2D eigenvalue weighted by Crippen LogP contribution is 2.26. The lowest BCUT2D eigenvalue weighted by molar-refractivity contribution is -0.142. The summed E-state index contributed by atoms with van der Waals surface area (Å²) < 4.78 is 11.2. The number of nitrogens with zero attached hydrogens (tertiary/aromatic N) is 1. The van der Waals surface area contributed by atoms with Crippen LogP contribution >= 0.6 is 0 Å². The molecule has 35 heavy (non-hydrogen) atoms. The molecule has 0 aromatic heterocycles. The SMILES string of the molecule is CCCNC(=O)[C@@H](Cc1ccccc1)N(Cc1ccccc1C)C(=O)COc1ccccc1OC. The van der Waals surface area contributed by atoms with Crippen molar-refractivity contribution in [1.29, 1.82) is 0 Å². The number of amides is 2. The van der Waals surface area contributed by atoms with Crippen LogP contribution in [-0.2, 0) is 22.6 Å². The zero-order valence-corrected chi connectivity index (χ0v) is 20.7. The maximum absolute atomic E-state index is 13.6. The van der Waals surface area contributed by atoms with Gasteiger partial charge in [-0.2, -0.15) is 0 Å². The highest BCUT2D eigenvalue weighted by Gasteiger charge is 2.31. The van der Waals surface area contributed by atoms with Gasteiger partial charge in [0.05, 0.1) is 7.11 Å².